The predicted octanol–water partition coefficient (Wildman–Crippen LogP) is 8.52. The molecule has 10 rings (SSSR count). The number of carbonyl (C=O) groups is 3. The van der Waals surface area contributed by atoms with Crippen LogP contribution in [0.4, 0.5) is 16.4 Å². The number of carboxylic acids is 1. The van der Waals surface area contributed by atoms with Gasteiger partial charge >= 0.3 is 12.1 Å². The molecule has 2 amide bonds. The Balaban J connectivity index is 0.000000160. The Hall–Kier alpha value is -6.59. The third kappa shape index (κ3) is 12.5. The van der Waals surface area contributed by atoms with Crippen LogP contribution in [0, 0.1) is 41.5 Å². The Bertz CT molecular complexity index is 2900. The van der Waals surface area contributed by atoms with Gasteiger partial charge in [-0.3, -0.25) is 4.79 Å². The van der Waals surface area contributed by atoms with Crippen LogP contribution in [-0.2, 0) is 4.74 Å². The summed E-state index contributed by atoms with van der Waals surface area (Å²) in [5, 5.41) is 24.8. The molecule has 17 nitrogen and oxygen atoms in total. The summed E-state index contributed by atoms with van der Waals surface area (Å²) in [4.78, 5) is 52.5. The van der Waals surface area contributed by atoms with E-state index in [-0.39, 0.29) is 30.1 Å². The smallest absolute Gasteiger partial charge is 0.407 e. The molecule has 8 heterocycles. The molecule has 17 heteroatoms. The molecular formula is C55H74N12O5. The van der Waals surface area contributed by atoms with Gasteiger partial charge in [0.15, 0.2) is 11.3 Å². The van der Waals surface area contributed by atoms with Gasteiger partial charge in [-0.15, -0.1) is 0 Å². The number of aryl methyl sites for hydroxylation is 6. The fraction of sp³-hybridized carbons (Fsp3) is 0.509. The predicted molar refractivity (Wildman–Crippen MR) is 281 cm³/mol. The summed E-state index contributed by atoms with van der Waals surface area (Å²) in [6.07, 6.45) is 12.3. The number of anilines is 2. The van der Waals surface area contributed by atoms with E-state index in [9.17, 15) is 14.4 Å². The zero-order valence-electron chi connectivity index (χ0n) is 43.7. The minimum Gasteiger partial charge on any atom is -0.478 e. The molecule has 0 radical (unpaired) electrons. The van der Waals surface area contributed by atoms with Crippen LogP contribution in [0.2, 0.25) is 0 Å². The maximum absolute atomic E-state index is 13.5. The lowest BCUT2D eigenvalue weighted by Gasteiger charge is -2.35. The van der Waals surface area contributed by atoms with Crippen LogP contribution in [0.5, 0.6) is 0 Å². The van der Waals surface area contributed by atoms with Crippen molar-refractivity contribution in [3.8, 4) is 0 Å². The van der Waals surface area contributed by atoms with Crippen LogP contribution in [0.25, 0.3) is 11.3 Å². The molecule has 6 aromatic rings. The number of alkyl carbamates (subject to hydrolysis) is 1. The van der Waals surface area contributed by atoms with E-state index in [1.165, 1.54) is 12.8 Å². The number of nitrogens with one attached hydrogen (secondary N) is 2. The number of piperidine rings is 2. The first-order valence-electron chi connectivity index (χ1n) is 25.7. The first-order chi connectivity index (χ1) is 34.3. The molecule has 4 aliphatic rings. The number of hydrogen-bond acceptors (Lipinski definition) is 12. The Labute approximate surface area is 423 Å². The van der Waals surface area contributed by atoms with Gasteiger partial charge in [0.25, 0.3) is 5.91 Å². The van der Waals surface area contributed by atoms with Gasteiger partial charge in [0.1, 0.15) is 17.2 Å². The van der Waals surface area contributed by atoms with Gasteiger partial charge in [-0.1, -0.05) is 41.3 Å². The number of amides is 2. The van der Waals surface area contributed by atoms with E-state index in [0.29, 0.717) is 11.6 Å². The fourth-order valence-corrected chi connectivity index (χ4v) is 10.3. The van der Waals surface area contributed by atoms with E-state index >= 15 is 0 Å². The van der Waals surface area contributed by atoms with E-state index < -0.39 is 11.6 Å². The van der Waals surface area contributed by atoms with Gasteiger partial charge in [0.05, 0.1) is 35.1 Å². The number of nitrogens with two attached hydrogens (primary N) is 1. The van der Waals surface area contributed by atoms with E-state index in [1.54, 1.807) is 12.1 Å². The number of ether oxygens (including phenoxy) is 1. The van der Waals surface area contributed by atoms with Crippen molar-refractivity contribution in [1.29, 1.82) is 0 Å². The maximum atomic E-state index is 13.5. The number of aromatic carboxylic acids is 1. The zero-order valence-corrected chi connectivity index (χ0v) is 43.7. The number of fused-ring (bicyclic) bond motifs is 2. The second-order valence-corrected chi connectivity index (χ2v) is 21.3. The van der Waals surface area contributed by atoms with E-state index in [1.807, 2.05) is 86.8 Å². The molecule has 0 saturated carbocycles. The van der Waals surface area contributed by atoms with Crippen LogP contribution in [0.1, 0.15) is 150 Å². The van der Waals surface area contributed by atoms with Crippen LogP contribution in [0.15, 0.2) is 60.9 Å². The highest BCUT2D eigenvalue weighted by Gasteiger charge is 2.33. The molecule has 2 aromatic carbocycles. The third-order valence-electron chi connectivity index (χ3n) is 13.8. The number of nitrogens with zero attached hydrogens (tertiary/aromatic N) is 9. The molecule has 72 heavy (non-hydrogen) atoms. The summed E-state index contributed by atoms with van der Waals surface area (Å²) < 4.78 is 9.13. The van der Waals surface area contributed by atoms with Crippen LogP contribution in [0.3, 0.4) is 0 Å². The first-order valence-corrected chi connectivity index (χ1v) is 25.7. The Morgan fingerprint density at radius 3 is 1.94 bits per heavy atom. The van der Waals surface area contributed by atoms with Crippen molar-refractivity contribution in [3.05, 3.63) is 117 Å². The SMILES string of the molecule is Cc1cc(C)cc(C(=O)O)c1.Cc1ccc(C)c(C(=O)N2CCCC[C@H]2c2cc3nc(N4CC[C@H](N)C4)c(C)cn3n2)c1.Cc1cn2nc([C@@H]3CCCCN3)cc2nc1N1CC[C@H](NC(=O)OC(C)(C)C)C1. The van der Waals surface area contributed by atoms with Gasteiger partial charge in [0, 0.05) is 80.0 Å². The summed E-state index contributed by atoms with van der Waals surface area (Å²) in [6.45, 7) is 22.8. The van der Waals surface area contributed by atoms with Crippen molar-refractivity contribution in [2.45, 2.75) is 143 Å². The highest BCUT2D eigenvalue weighted by Crippen LogP contribution is 2.34. The number of carboxylic acid groups (broad SMARTS) is 1. The average molecular weight is 983 g/mol. The summed E-state index contributed by atoms with van der Waals surface area (Å²) in [5.41, 5.74) is 16.7. The number of benzene rings is 2. The Kier molecular flexibility index (Phi) is 15.8. The molecule has 5 N–H and O–H groups in total. The largest absolute Gasteiger partial charge is 0.478 e. The molecule has 0 unspecified atom stereocenters. The van der Waals surface area contributed by atoms with Crippen molar-refractivity contribution in [3.63, 3.8) is 0 Å². The zero-order chi connectivity index (χ0) is 51.4. The van der Waals surface area contributed by atoms with Crippen molar-refractivity contribution in [2.75, 3.05) is 49.1 Å². The topological polar surface area (TPSA) is 201 Å². The lowest BCUT2D eigenvalue weighted by molar-refractivity contribution is 0.0507. The van der Waals surface area contributed by atoms with Crippen LogP contribution in [-0.4, -0.2) is 114 Å². The lowest BCUT2D eigenvalue weighted by atomic mass is 9.96. The van der Waals surface area contributed by atoms with Crippen molar-refractivity contribution >= 4 is 40.9 Å². The van der Waals surface area contributed by atoms with Gasteiger partial charge in [-0.05, 0) is 138 Å². The number of hydrogen-bond donors (Lipinski definition) is 4. The molecule has 0 aliphatic carbocycles. The van der Waals surface area contributed by atoms with Crippen LogP contribution >= 0.6 is 0 Å². The lowest BCUT2D eigenvalue weighted by Crippen LogP contribution is -2.40. The standard InChI is InChI=1S/C25H32N6O.C21H32N6O2.C9H10O2/c1-16-7-8-17(2)20(12-16)25(32)30-10-5-4-6-22(30)21-13-23-27-24(18(3)14-31(23)28-21)29-11-9-19(26)15-29;1-14-12-27-18(11-17(25-27)16-7-5-6-9-22-16)24-19(14)26-10-8-15(13-26)23-20(28)29-21(2,3)4;1-6-3-7(2)5-8(4-6)9(10)11/h7-8,12-14,19,22H,4-6,9-11,15,26H2,1-3H3;11-12,15-16,22H,5-10,13H2,1-4H3,(H,23,28);3-5H,1-2H3,(H,10,11)/t19-,22-;15-,16-;/m00./s1. The van der Waals surface area contributed by atoms with Gasteiger partial charge in [0.2, 0.25) is 0 Å². The summed E-state index contributed by atoms with van der Waals surface area (Å²) in [6, 6.07) is 16.1. The molecule has 4 saturated heterocycles. The third-order valence-corrected chi connectivity index (χ3v) is 13.8. The van der Waals surface area contributed by atoms with E-state index in [0.717, 1.165) is 151 Å². The Morgan fingerprint density at radius 2 is 1.33 bits per heavy atom. The van der Waals surface area contributed by atoms with E-state index in [2.05, 4.69) is 58.7 Å². The molecule has 0 spiro atoms. The Morgan fingerprint density at radius 1 is 0.708 bits per heavy atom. The molecule has 384 valence electrons. The number of rotatable bonds is 7. The minimum atomic E-state index is -0.864. The molecule has 4 aliphatic heterocycles. The van der Waals surface area contributed by atoms with Crippen LogP contribution < -0.4 is 26.2 Å². The molecular weight excluding hydrogens is 909 g/mol. The van der Waals surface area contributed by atoms with Gasteiger partial charge < -0.3 is 40.9 Å². The molecule has 4 aromatic heterocycles. The average Bonchev–Trinajstić information content (AvgIpc) is 4.16. The monoisotopic (exact) mass is 983 g/mol. The number of carbonyl (C=O) groups excluding carboxylic acids is 2. The van der Waals surface area contributed by atoms with Gasteiger partial charge in [-0.2, -0.15) is 10.2 Å². The second kappa shape index (κ2) is 22.0. The summed E-state index contributed by atoms with van der Waals surface area (Å²) in [5.74, 6) is 1.19. The van der Waals surface area contributed by atoms with Crippen molar-refractivity contribution < 1.29 is 24.2 Å². The quantitative estimate of drug-likeness (QED) is 0.119. The molecule has 0 bridgehead atoms. The molecule has 4 atom stereocenters. The van der Waals surface area contributed by atoms with Crippen molar-refractivity contribution in [2.24, 2.45) is 5.73 Å². The van der Waals surface area contributed by atoms with Crippen molar-refractivity contribution in [1.82, 2.24) is 44.7 Å². The number of aromatic nitrogens is 6. The highest BCUT2D eigenvalue weighted by atomic mass is 16.6. The maximum Gasteiger partial charge on any atom is 0.407 e. The normalized spacial score (nSPS) is 20.2. The summed E-state index contributed by atoms with van der Waals surface area (Å²) in [7, 11) is 0. The summed E-state index contributed by atoms with van der Waals surface area (Å²) >= 11 is 0. The second-order valence-electron chi connectivity index (χ2n) is 21.3. The highest BCUT2D eigenvalue weighted by molar-refractivity contribution is 5.96. The van der Waals surface area contributed by atoms with Gasteiger partial charge in [-0.25, -0.2) is 28.6 Å². The minimum absolute atomic E-state index is 0.0261. The first kappa shape index (κ1) is 51.8. The molecule has 4 fully saturated rings. The number of likely N-dealkylation sites (tertiary alicyclic amines) is 1. The fourth-order valence-electron chi connectivity index (χ4n) is 10.3. The van der Waals surface area contributed by atoms with E-state index in [4.69, 9.17) is 35.7 Å².